The van der Waals surface area contributed by atoms with Gasteiger partial charge in [-0.25, -0.2) is 4.79 Å². The van der Waals surface area contributed by atoms with Crippen LogP contribution in [0.4, 0.5) is 0 Å². The topological polar surface area (TPSA) is 104 Å². The van der Waals surface area contributed by atoms with E-state index in [4.69, 9.17) is 4.74 Å². The minimum atomic E-state index is -0.772. The molecule has 45 heavy (non-hydrogen) atoms. The number of aromatic hydroxyl groups is 1. The van der Waals surface area contributed by atoms with Gasteiger partial charge in [0.05, 0.1) is 11.5 Å². The average molecular weight is 619 g/mol. The Kier molecular flexibility index (Phi) is 7.70. The van der Waals surface area contributed by atoms with Gasteiger partial charge < -0.3 is 20.1 Å². The Morgan fingerprint density at radius 1 is 0.933 bits per heavy atom. The molecular formula is C39H54O6. The standard InChI is InChI=1S/C39H54O6/c1-23-16-19-39(34(43)44)21-20-37(6)27(32(39)24(23)2)13-14-30-36(5)22-28(33(42)35(3,4)29(36)17-18-38(30,37)7)45-31(41)15-10-25-8-11-26(40)12-9-25/h8-13,15,23-24,28-30,32-33,40,42H,14,16-22H2,1-7H3,(H,43,44)/b15-10+/t23-,24+,28-,29+,30-,32+,33+,36+,37-,38-,39+/m1/s1. The van der Waals surface area contributed by atoms with Gasteiger partial charge in [0.1, 0.15) is 11.9 Å². The number of carbonyl (C=O) groups excluding carboxylic acids is 1. The number of aliphatic carboxylic acids is 1. The fourth-order valence-corrected chi connectivity index (χ4v) is 12.0. The summed E-state index contributed by atoms with van der Waals surface area (Å²) in [5, 5.41) is 31.9. The van der Waals surface area contributed by atoms with Crippen LogP contribution in [0.15, 0.2) is 42.0 Å². The van der Waals surface area contributed by atoms with Crippen molar-refractivity contribution in [3.05, 3.63) is 47.6 Å². The summed E-state index contributed by atoms with van der Waals surface area (Å²) >= 11 is 0. The molecule has 0 aromatic heterocycles. The van der Waals surface area contributed by atoms with Crippen LogP contribution in [0, 0.1) is 56.7 Å². The van der Waals surface area contributed by atoms with Crippen LogP contribution in [-0.4, -0.2) is 39.5 Å². The zero-order chi connectivity index (χ0) is 32.7. The highest BCUT2D eigenvalue weighted by atomic mass is 16.6. The lowest BCUT2D eigenvalue weighted by Gasteiger charge is -2.71. The lowest BCUT2D eigenvalue weighted by atomic mass is 9.33. The minimum Gasteiger partial charge on any atom is -0.508 e. The number of hydrogen-bond donors (Lipinski definition) is 3. The van der Waals surface area contributed by atoms with Crippen LogP contribution < -0.4 is 0 Å². The number of carboxylic acids is 1. The Hall–Kier alpha value is -2.60. The third-order valence-corrected chi connectivity index (χ3v) is 14.9. The quantitative estimate of drug-likeness (QED) is 0.179. The first kappa shape index (κ1) is 32.3. The van der Waals surface area contributed by atoms with E-state index in [9.17, 15) is 24.9 Å². The summed E-state index contributed by atoms with van der Waals surface area (Å²) in [6.45, 7) is 16.2. The molecule has 0 aliphatic heterocycles. The normalized spacial score (nSPS) is 45.3. The second-order valence-corrected chi connectivity index (χ2v) is 17.0. The van der Waals surface area contributed by atoms with Crippen molar-refractivity contribution in [3.63, 3.8) is 0 Å². The lowest BCUT2D eigenvalue weighted by Crippen LogP contribution is -2.67. The molecule has 6 rings (SSSR count). The molecule has 0 unspecified atom stereocenters. The second kappa shape index (κ2) is 10.7. The summed E-state index contributed by atoms with van der Waals surface area (Å²) in [4.78, 5) is 26.1. The van der Waals surface area contributed by atoms with Crippen LogP contribution in [0.1, 0.15) is 105 Å². The van der Waals surface area contributed by atoms with Crippen molar-refractivity contribution in [1.82, 2.24) is 0 Å². The van der Waals surface area contributed by atoms with E-state index in [2.05, 4.69) is 54.5 Å². The number of phenols is 1. The van der Waals surface area contributed by atoms with Crippen molar-refractivity contribution in [2.24, 2.45) is 56.7 Å². The van der Waals surface area contributed by atoms with E-state index in [0.717, 1.165) is 50.5 Å². The van der Waals surface area contributed by atoms with Gasteiger partial charge in [-0.2, -0.15) is 0 Å². The number of aliphatic hydroxyl groups excluding tert-OH is 1. The van der Waals surface area contributed by atoms with Gasteiger partial charge in [-0.15, -0.1) is 0 Å². The van der Waals surface area contributed by atoms with Crippen molar-refractivity contribution < 1.29 is 29.6 Å². The number of carbonyl (C=O) groups is 2. The maximum absolute atomic E-state index is 13.1. The Morgan fingerprint density at radius 3 is 2.29 bits per heavy atom. The number of ether oxygens (including phenoxy) is 1. The van der Waals surface area contributed by atoms with Gasteiger partial charge in [-0.1, -0.05) is 72.2 Å². The summed E-state index contributed by atoms with van der Waals surface area (Å²) in [6.07, 6.45) is 11.1. The first-order valence-electron chi connectivity index (χ1n) is 17.3. The van der Waals surface area contributed by atoms with E-state index in [1.54, 1.807) is 30.3 Å². The highest BCUT2D eigenvalue weighted by Gasteiger charge is 2.70. The number of allylic oxidation sites excluding steroid dienone is 2. The monoisotopic (exact) mass is 618 g/mol. The van der Waals surface area contributed by atoms with Crippen molar-refractivity contribution in [3.8, 4) is 5.75 Å². The Labute approximate surface area is 269 Å². The molecule has 3 N–H and O–H groups in total. The van der Waals surface area contributed by atoms with E-state index in [1.807, 2.05) is 0 Å². The fourth-order valence-electron chi connectivity index (χ4n) is 12.0. The van der Waals surface area contributed by atoms with Crippen LogP contribution in [0.25, 0.3) is 6.08 Å². The van der Waals surface area contributed by atoms with Crippen LogP contribution in [0.5, 0.6) is 5.75 Å². The highest BCUT2D eigenvalue weighted by Crippen LogP contribution is 2.75. The Balaban J connectivity index is 1.33. The number of esters is 1. The molecule has 0 saturated heterocycles. The van der Waals surface area contributed by atoms with E-state index in [0.29, 0.717) is 24.2 Å². The van der Waals surface area contributed by atoms with Gasteiger partial charge >= 0.3 is 11.9 Å². The summed E-state index contributed by atoms with van der Waals surface area (Å²) in [5.41, 5.74) is 0.794. The van der Waals surface area contributed by atoms with Gasteiger partial charge in [-0.3, -0.25) is 4.79 Å². The van der Waals surface area contributed by atoms with E-state index in [1.165, 1.54) is 11.6 Å². The van der Waals surface area contributed by atoms with Gasteiger partial charge in [0.25, 0.3) is 0 Å². The summed E-state index contributed by atoms with van der Waals surface area (Å²) in [6, 6.07) is 6.62. The molecule has 246 valence electrons. The molecule has 6 heteroatoms. The molecule has 0 radical (unpaired) electrons. The molecule has 6 nitrogen and oxygen atoms in total. The average Bonchev–Trinajstić information content (AvgIpc) is 2.97. The second-order valence-electron chi connectivity index (χ2n) is 17.0. The Bertz CT molecular complexity index is 1410. The van der Waals surface area contributed by atoms with E-state index in [-0.39, 0.29) is 33.8 Å². The molecule has 11 atom stereocenters. The molecule has 1 aromatic carbocycles. The van der Waals surface area contributed by atoms with Crippen LogP contribution in [0.3, 0.4) is 0 Å². The summed E-state index contributed by atoms with van der Waals surface area (Å²) in [5.74, 6) is 0.586. The molecule has 5 aliphatic rings. The summed E-state index contributed by atoms with van der Waals surface area (Å²) < 4.78 is 6.07. The van der Waals surface area contributed by atoms with Crippen molar-refractivity contribution in [2.75, 3.05) is 0 Å². The lowest BCUT2D eigenvalue weighted by molar-refractivity contribution is -0.237. The number of phenolic OH excluding ortho intramolecular Hbond substituents is 1. The number of hydrogen-bond acceptors (Lipinski definition) is 5. The maximum atomic E-state index is 13.1. The molecule has 4 fully saturated rings. The molecule has 4 saturated carbocycles. The van der Waals surface area contributed by atoms with Gasteiger partial charge in [0.15, 0.2) is 0 Å². The number of rotatable bonds is 4. The number of carboxylic acid groups (broad SMARTS) is 1. The molecule has 0 spiro atoms. The predicted octanol–water partition coefficient (Wildman–Crippen LogP) is 8.03. The first-order valence-corrected chi connectivity index (χ1v) is 17.3. The number of aliphatic hydroxyl groups is 1. The van der Waals surface area contributed by atoms with Crippen LogP contribution >= 0.6 is 0 Å². The highest BCUT2D eigenvalue weighted by molar-refractivity contribution is 5.87. The third kappa shape index (κ3) is 4.58. The van der Waals surface area contributed by atoms with E-state index < -0.39 is 35.0 Å². The van der Waals surface area contributed by atoms with Gasteiger partial charge in [0, 0.05) is 6.08 Å². The predicted molar refractivity (Wildman–Crippen MR) is 175 cm³/mol. The molecule has 0 amide bonds. The van der Waals surface area contributed by atoms with Crippen molar-refractivity contribution in [1.29, 1.82) is 0 Å². The van der Waals surface area contributed by atoms with Crippen molar-refractivity contribution in [2.45, 2.75) is 112 Å². The van der Waals surface area contributed by atoms with Gasteiger partial charge in [-0.05, 0) is 126 Å². The molecule has 1 aromatic rings. The third-order valence-electron chi connectivity index (χ3n) is 14.9. The minimum absolute atomic E-state index is 0.0287. The van der Waals surface area contributed by atoms with Crippen molar-refractivity contribution >= 4 is 18.0 Å². The summed E-state index contributed by atoms with van der Waals surface area (Å²) in [7, 11) is 0. The zero-order valence-electron chi connectivity index (χ0n) is 28.3. The SMILES string of the molecule is C[C@H]1[C@H](C)CC[C@]2(C(=O)O)CC[C@]3(C)C(=CC[C@@H]4[C@@]5(C)C[C@@H](OC(=O)/C=C/c6ccc(O)cc6)[C@H](O)C(C)(C)[C@@H]5CC[C@]43C)[C@H]12. The molecular weight excluding hydrogens is 564 g/mol. The number of benzene rings is 1. The molecule has 5 aliphatic carbocycles. The number of fused-ring (bicyclic) bond motifs is 7. The van der Waals surface area contributed by atoms with Crippen LogP contribution in [0.2, 0.25) is 0 Å². The van der Waals surface area contributed by atoms with Crippen LogP contribution in [-0.2, 0) is 14.3 Å². The van der Waals surface area contributed by atoms with E-state index >= 15 is 0 Å². The first-order chi connectivity index (χ1) is 21.0. The fraction of sp³-hybridized carbons (Fsp3) is 0.692. The molecule has 0 bridgehead atoms. The molecule has 0 heterocycles. The smallest absolute Gasteiger partial charge is 0.331 e. The Morgan fingerprint density at radius 2 is 1.62 bits per heavy atom. The maximum Gasteiger partial charge on any atom is 0.331 e. The zero-order valence-corrected chi connectivity index (χ0v) is 28.3. The largest absolute Gasteiger partial charge is 0.508 e. The van der Waals surface area contributed by atoms with Gasteiger partial charge in [0.2, 0.25) is 0 Å².